The lowest BCUT2D eigenvalue weighted by atomic mass is 10.1. The van der Waals surface area contributed by atoms with Crippen molar-refractivity contribution >= 4 is 23.5 Å². The molecule has 0 fully saturated rings. The SMILES string of the molecule is Cc1ccc(OCn2ccc(C(=O)Nc3ncn(Cc4ccccc4Cl)n3)n2)c(C)c1. The lowest BCUT2D eigenvalue weighted by molar-refractivity contribution is 0.101. The second-order valence-electron chi connectivity index (χ2n) is 7.09. The van der Waals surface area contributed by atoms with Crippen molar-refractivity contribution in [3.05, 3.63) is 88.5 Å². The van der Waals surface area contributed by atoms with Crippen molar-refractivity contribution in [2.45, 2.75) is 27.1 Å². The summed E-state index contributed by atoms with van der Waals surface area (Å²) >= 11 is 6.18. The Kier molecular flexibility index (Phi) is 5.99. The average Bonchev–Trinajstić information content (AvgIpc) is 3.39. The molecule has 0 radical (unpaired) electrons. The molecule has 4 aromatic rings. The van der Waals surface area contributed by atoms with E-state index >= 15 is 0 Å². The number of hydrogen-bond acceptors (Lipinski definition) is 5. The maximum atomic E-state index is 12.5. The number of rotatable bonds is 7. The van der Waals surface area contributed by atoms with Crippen LogP contribution in [-0.2, 0) is 13.3 Å². The summed E-state index contributed by atoms with van der Waals surface area (Å²) in [5.74, 6) is 0.569. The highest BCUT2D eigenvalue weighted by Crippen LogP contribution is 2.19. The zero-order valence-electron chi connectivity index (χ0n) is 17.1. The molecule has 0 aliphatic rings. The van der Waals surface area contributed by atoms with Gasteiger partial charge in [0.15, 0.2) is 12.4 Å². The molecule has 2 aromatic carbocycles. The largest absolute Gasteiger partial charge is 0.471 e. The van der Waals surface area contributed by atoms with Gasteiger partial charge >= 0.3 is 0 Å². The number of aryl methyl sites for hydroxylation is 2. The number of anilines is 1. The van der Waals surface area contributed by atoms with Crippen LogP contribution < -0.4 is 10.1 Å². The summed E-state index contributed by atoms with van der Waals surface area (Å²) in [5.41, 5.74) is 3.37. The molecule has 0 aliphatic heterocycles. The van der Waals surface area contributed by atoms with Crippen LogP contribution in [0.3, 0.4) is 0 Å². The Balaban J connectivity index is 1.35. The van der Waals surface area contributed by atoms with Gasteiger partial charge in [0.2, 0.25) is 5.95 Å². The second-order valence-corrected chi connectivity index (χ2v) is 7.50. The van der Waals surface area contributed by atoms with Gasteiger partial charge in [-0.15, -0.1) is 5.10 Å². The van der Waals surface area contributed by atoms with Gasteiger partial charge in [-0.3, -0.25) is 10.1 Å². The van der Waals surface area contributed by atoms with E-state index in [1.807, 2.05) is 50.2 Å². The van der Waals surface area contributed by atoms with Gasteiger partial charge in [0.25, 0.3) is 5.91 Å². The molecule has 0 aliphatic carbocycles. The van der Waals surface area contributed by atoms with Crippen LogP contribution in [0.5, 0.6) is 5.75 Å². The van der Waals surface area contributed by atoms with E-state index in [0.717, 1.165) is 16.9 Å². The van der Waals surface area contributed by atoms with Gasteiger partial charge in [0.05, 0.1) is 6.54 Å². The van der Waals surface area contributed by atoms with Crippen molar-refractivity contribution in [2.24, 2.45) is 0 Å². The fourth-order valence-corrected chi connectivity index (χ4v) is 3.24. The maximum absolute atomic E-state index is 12.5. The van der Waals surface area contributed by atoms with E-state index in [4.69, 9.17) is 16.3 Å². The van der Waals surface area contributed by atoms with Crippen molar-refractivity contribution in [3.8, 4) is 5.75 Å². The molecule has 1 N–H and O–H groups in total. The van der Waals surface area contributed by atoms with Crippen LogP contribution in [0.1, 0.15) is 27.2 Å². The first-order chi connectivity index (χ1) is 15.0. The molecular weight excluding hydrogens is 416 g/mol. The van der Waals surface area contributed by atoms with E-state index < -0.39 is 5.91 Å². The first kappa shape index (κ1) is 20.6. The number of amides is 1. The molecule has 4 rings (SSSR count). The second kappa shape index (κ2) is 9.01. The lowest BCUT2D eigenvalue weighted by Gasteiger charge is -2.09. The van der Waals surface area contributed by atoms with E-state index in [9.17, 15) is 4.79 Å². The summed E-state index contributed by atoms with van der Waals surface area (Å²) in [5, 5.41) is 11.8. The highest BCUT2D eigenvalue weighted by Gasteiger charge is 2.13. The number of aromatic nitrogens is 5. The topological polar surface area (TPSA) is 86.9 Å². The molecule has 0 unspecified atom stereocenters. The molecule has 158 valence electrons. The van der Waals surface area contributed by atoms with Crippen molar-refractivity contribution in [1.29, 1.82) is 0 Å². The van der Waals surface area contributed by atoms with Crippen LogP contribution in [-0.4, -0.2) is 30.5 Å². The molecule has 2 aromatic heterocycles. The zero-order valence-corrected chi connectivity index (χ0v) is 17.9. The molecule has 31 heavy (non-hydrogen) atoms. The minimum Gasteiger partial charge on any atom is -0.471 e. The highest BCUT2D eigenvalue weighted by atomic mass is 35.5. The summed E-state index contributed by atoms with van der Waals surface area (Å²) in [6.45, 7) is 4.67. The molecule has 1 amide bonds. The Morgan fingerprint density at radius 2 is 1.94 bits per heavy atom. The van der Waals surface area contributed by atoms with Gasteiger partial charge in [0.1, 0.15) is 12.1 Å². The molecular formula is C22H21ClN6O2. The number of carbonyl (C=O) groups excluding carboxylic acids is 1. The van der Waals surface area contributed by atoms with E-state index in [2.05, 4.69) is 26.6 Å². The van der Waals surface area contributed by atoms with Crippen LogP contribution in [0.4, 0.5) is 5.95 Å². The van der Waals surface area contributed by atoms with E-state index in [1.54, 1.807) is 21.6 Å². The molecule has 8 nitrogen and oxygen atoms in total. The Labute approximate surface area is 184 Å². The summed E-state index contributed by atoms with van der Waals surface area (Å²) in [4.78, 5) is 16.6. The van der Waals surface area contributed by atoms with Crippen molar-refractivity contribution < 1.29 is 9.53 Å². The third-order valence-corrected chi connectivity index (χ3v) is 4.98. The number of nitrogens with one attached hydrogen (secondary N) is 1. The predicted molar refractivity (Wildman–Crippen MR) is 117 cm³/mol. The quantitative estimate of drug-likeness (QED) is 0.471. The number of hydrogen-bond donors (Lipinski definition) is 1. The lowest BCUT2D eigenvalue weighted by Crippen LogP contribution is -2.15. The van der Waals surface area contributed by atoms with Crippen LogP contribution >= 0.6 is 11.6 Å². The van der Waals surface area contributed by atoms with Crippen LogP contribution in [0, 0.1) is 13.8 Å². The van der Waals surface area contributed by atoms with Crippen LogP contribution in [0.15, 0.2) is 61.1 Å². The van der Waals surface area contributed by atoms with Crippen molar-refractivity contribution in [2.75, 3.05) is 5.32 Å². The molecule has 2 heterocycles. The molecule has 0 saturated heterocycles. The number of nitrogens with zero attached hydrogens (tertiary/aromatic N) is 5. The molecule has 0 saturated carbocycles. The van der Waals surface area contributed by atoms with Gasteiger partial charge in [-0.2, -0.15) is 5.10 Å². The van der Waals surface area contributed by atoms with E-state index in [1.165, 1.54) is 11.9 Å². The molecule has 0 spiro atoms. The number of benzene rings is 2. The fourth-order valence-electron chi connectivity index (χ4n) is 3.05. The van der Waals surface area contributed by atoms with Crippen molar-refractivity contribution in [3.63, 3.8) is 0 Å². The summed E-state index contributed by atoms with van der Waals surface area (Å²) in [6, 6.07) is 15.1. The van der Waals surface area contributed by atoms with Crippen LogP contribution in [0.25, 0.3) is 0 Å². The minimum atomic E-state index is -0.402. The molecule has 9 heteroatoms. The first-order valence-electron chi connectivity index (χ1n) is 9.65. The van der Waals surface area contributed by atoms with Gasteiger partial charge in [0, 0.05) is 11.2 Å². The third-order valence-electron chi connectivity index (χ3n) is 4.61. The summed E-state index contributed by atoms with van der Waals surface area (Å²) in [7, 11) is 0. The number of carbonyl (C=O) groups is 1. The van der Waals surface area contributed by atoms with Gasteiger partial charge < -0.3 is 4.74 Å². The zero-order chi connectivity index (χ0) is 21.8. The number of halogens is 1. The normalized spacial score (nSPS) is 10.8. The van der Waals surface area contributed by atoms with E-state index in [0.29, 0.717) is 11.6 Å². The number of ether oxygens (including phenoxy) is 1. The first-order valence-corrected chi connectivity index (χ1v) is 10.0. The smallest absolute Gasteiger partial charge is 0.278 e. The average molecular weight is 437 g/mol. The van der Waals surface area contributed by atoms with Gasteiger partial charge in [-0.05, 0) is 43.2 Å². The van der Waals surface area contributed by atoms with Crippen molar-refractivity contribution in [1.82, 2.24) is 24.5 Å². The summed E-state index contributed by atoms with van der Waals surface area (Å²) in [6.07, 6.45) is 3.22. The minimum absolute atomic E-state index is 0.193. The predicted octanol–water partition coefficient (Wildman–Crippen LogP) is 4.08. The fraction of sp³-hybridized carbons (Fsp3) is 0.182. The highest BCUT2D eigenvalue weighted by molar-refractivity contribution is 6.31. The Bertz CT molecular complexity index is 1220. The molecule has 0 atom stereocenters. The van der Waals surface area contributed by atoms with Crippen LogP contribution in [0.2, 0.25) is 5.02 Å². The Hall–Kier alpha value is -3.65. The Morgan fingerprint density at radius 1 is 1.10 bits per heavy atom. The summed E-state index contributed by atoms with van der Waals surface area (Å²) < 4.78 is 8.95. The van der Waals surface area contributed by atoms with E-state index in [-0.39, 0.29) is 18.4 Å². The maximum Gasteiger partial charge on any atom is 0.278 e. The monoisotopic (exact) mass is 436 g/mol. The Morgan fingerprint density at radius 3 is 2.74 bits per heavy atom. The standard InChI is InChI=1S/C22H21ClN6O2/c1-15-7-8-20(16(2)11-15)31-14-28-10-9-19(26-28)21(30)25-22-24-13-29(27-22)12-17-5-3-4-6-18(17)23/h3-11,13H,12,14H2,1-2H3,(H,25,27,30). The molecule has 0 bridgehead atoms. The third kappa shape index (κ3) is 5.10. The van der Waals surface area contributed by atoms with Gasteiger partial charge in [-0.1, -0.05) is 47.5 Å². The van der Waals surface area contributed by atoms with Gasteiger partial charge in [-0.25, -0.2) is 14.3 Å².